The van der Waals surface area contributed by atoms with Crippen molar-refractivity contribution in [3.63, 3.8) is 0 Å². The smallest absolute Gasteiger partial charge is 0.338 e. The van der Waals surface area contributed by atoms with E-state index in [1.54, 1.807) is 6.92 Å². The topological polar surface area (TPSA) is 87.9 Å². The lowest BCUT2D eigenvalue weighted by molar-refractivity contribution is -0.385. The molecule has 18 heavy (non-hydrogen) atoms. The molecular formula is C11H13NO6. The van der Waals surface area contributed by atoms with Gasteiger partial charge in [-0.05, 0) is 13.0 Å². The zero-order valence-corrected chi connectivity index (χ0v) is 10.3. The van der Waals surface area contributed by atoms with E-state index >= 15 is 0 Å². The highest BCUT2D eigenvalue weighted by Gasteiger charge is 2.24. The highest BCUT2D eigenvalue weighted by molar-refractivity contribution is 5.91. The molecule has 0 unspecified atom stereocenters. The Bertz CT molecular complexity index is 471. The fraction of sp³-hybridized carbons (Fsp3) is 0.364. The molecule has 0 atom stereocenters. The van der Waals surface area contributed by atoms with Gasteiger partial charge in [0.05, 0.1) is 31.3 Å². The summed E-state index contributed by atoms with van der Waals surface area (Å²) in [6.45, 7) is 1.83. The number of benzene rings is 1. The maximum Gasteiger partial charge on any atom is 0.338 e. The molecule has 0 saturated carbocycles. The van der Waals surface area contributed by atoms with Crippen LogP contribution in [-0.4, -0.2) is 31.7 Å². The van der Waals surface area contributed by atoms with Crippen LogP contribution in [0.2, 0.25) is 0 Å². The number of rotatable bonds is 5. The molecule has 7 heteroatoms. The molecule has 7 nitrogen and oxygen atoms in total. The van der Waals surface area contributed by atoms with Crippen LogP contribution in [0, 0.1) is 10.1 Å². The van der Waals surface area contributed by atoms with E-state index in [2.05, 4.69) is 0 Å². The first-order valence-electron chi connectivity index (χ1n) is 5.12. The predicted molar refractivity (Wildman–Crippen MR) is 62.2 cm³/mol. The van der Waals surface area contributed by atoms with Gasteiger partial charge in [-0.3, -0.25) is 10.1 Å². The fourth-order valence-corrected chi connectivity index (χ4v) is 1.41. The van der Waals surface area contributed by atoms with E-state index < -0.39 is 10.9 Å². The number of methoxy groups -OCH3 is 2. The van der Waals surface area contributed by atoms with Crippen LogP contribution >= 0.6 is 0 Å². The third kappa shape index (κ3) is 2.68. The Balaban J connectivity index is 3.36. The number of nitro groups is 1. The SMILES string of the molecule is CCOC(=O)c1cc(OC)c(OC)c([N+](=O)[O-])c1. The van der Waals surface area contributed by atoms with Gasteiger partial charge in [0.2, 0.25) is 5.75 Å². The fourth-order valence-electron chi connectivity index (χ4n) is 1.41. The highest BCUT2D eigenvalue weighted by atomic mass is 16.6. The van der Waals surface area contributed by atoms with E-state index in [4.69, 9.17) is 14.2 Å². The van der Waals surface area contributed by atoms with Gasteiger partial charge in [-0.25, -0.2) is 4.79 Å². The molecule has 0 radical (unpaired) electrons. The third-order valence-electron chi connectivity index (χ3n) is 2.17. The second kappa shape index (κ2) is 5.85. The van der Waals surface area contributed by atoms with Crippen LogP contribution in [0.15, 0.2) is 12.1 Å². The molecule has 0 saturated heterocycles. The summed E-state index contributed by atoms with van der Waals surface area (Å²) in [7, 11) is 2.62. The molecule has 1 aromatic carbocycles. The van der Waals surface area contributed by atoms with Gasteiger partial charge >= 0.3 is 11.7 Å². The van der Waals surface area contributed by atoms with Crippen molar-refractivity contribution in [2.75, 3.05) is 20.8 Å². The van der Waals surface area contributed by atoms with Crippen molar-refractivity contribution in [2.45, 2.75) is 6.92 Å². The molecule has 0 bridgehead atoms. The van der Waals surface area contributed by atoms with Crippen LogP contribution < -0.4 is 9.47 Å². The first-order valence-corrected chi connectivity index (χ1v) is 5.12. The number of nitro benzene ring substituents is 1. The number of hydrogen-bond donors (Lipinski definition) is 0. The number of esters is 1. The number of carbonyl (C=O) groups is 1. The van der Waals surface area contributed by atoms with Crippen molar-refractivity contribution in [1.29, 1.82) is 0 Å². The van der Waals surface area contributed by atoms with Gasteiger partial charge in [0.25, 0.3) is 0 Å². The quantitative estimate of drug-likeness (QED) is 0.452. The summed E-state index contributed by atoms with van der Waals surface area (Å²) in [6.07, 6.45) is 0. The van der Waals surface area contributed by atoms with Crippen LogP contribution in [0.5, 0.6) is 11.5 Å². The molecule has 1 rings (SSSR count). The van der Waals surface area contributed by atoms with E-state index in [1.807, 2.05) is 0 Å². The number of carbonyl (C=O) groups excluding carboxylic acids is 1. The zero-order valence-electron chi connectivity index (χ0n) is 10.3. The first-order chi connectivity index (χ1) is 8.54. The molecule has 0 aromatic heterocycles. The Morgan fingerprint density at radius 1 is 1.33 bits per heavy atom. The van der Waals surface area contributed by atoms with Crippen LogP contribution in [0.4, 0.5) is 5.69 Å². The van der Waals surface area contributed by atoms with E-state index in [-0.39, 0.29) is 29.4 Å². The van der Waals surface area contributed by atoms with Crippen LogP contribution in [0.25, 0.3) is 0 Å². The summed E-state index contributed by atoms with van der Waals surface area (Å²) in [5.41, 5.74) is -0.305. The van der Waals surface area contributed by atoms with Crippen molar-refractivity contribution in [3.8, 4) is 11.5 Å². The Morgan fingerprint density at radius 3 is 2.44 bits per heavy atom. The maximum atomic E-state index is 11.5. The van der Waals surface area contributed by atoms with E-state index in [1.165, 1.54) is 20.3 Å². The molecule has 0 aliphatic carbocycles. The van der Waals surface area contributed by atoms with Gasteiger partial charge in [-0.15, -0.1) is 0 Å². The Labute approximate surface area is 103 Å². The minimum absolute atomic E-state index is 0.0319. The zero-order chi connectivity index (χ0) is 13.7. The van der Waals surface area contributed by atoms with Crippen molar-refractivity contribution >= 4 is 11.7 Å². The second-order valence-corrected chi connectivity index (χ2v) is 3.21. The molecule has 0 heterocycles. The average molecular weight is 255 g/mol. The number of hydrogen-bond acceptors (Lipinski definition) is 6. The largest absolute Gasteiger partial charge is 0.493 e. The Morgan fingerprint density at radius 2 is 2.00 bits per heavy atom. The van der Waals surface area contributed by atoms with Gasteiger partial charge in [-0.2, -0.15) is 0 Å². The predicted octanol–water partition coefficient (Wildman–Crippen LogP) is 1.79. The Kier molecular flexibility index (Phi) is 4.47. The highest BCUT2D eigenvalue weighted by Crippen LogP contribution is 2.38. The summed E-state index contributed by atoms with van der Waals surface area (Å²) in [4.78, 5) is 21.8. The summed E-state index contributed by atoms with van der Waals surface area (Å²) in [6, 6.07) is 2.43. The molecule has 0 aliphatic rings. The molecular weight excluding hydrogens is 242 g/mol. The minimum Gasteiger partial charge on any atom is -0.493 e. The molecule has 0 fully saturated rings. The average Bonchev–Trinajstić information content (AvgIpc) is 2.37. The Hall–Kier alpha value is -2.31. The normalized spacial score (nSPS) is 9.72. The molecule has 0 amide bonds. The summed E-state index contributed by atoms with van der Waals surface area (Å²) in [5, 5.41) is 10.9. The lowest BCUT2D eigenvalue weighted by atomic mass is 10.1. The third-order valence-corrected chi connectivity index (χ3v) is 2.17. The van der Waals surface area contributed by atoms with E-state index in [0.29, 0.717) is 0 Å². The summed E-state index contributed by atoms with van der Waals surface area (Å²) in [5.74, 6) is -0.577. The van der Waals surface area contributed by atoms with Crippen LogP contribution in [-0.2, 0) is 4.74 Å². The maximum absolute atomic E-state index is 11.5. The summed E-state index contributed by atoms with van der Waals surface area (Å²) >= 11 is 0. The van der Waals surface area contributed by atoms with Gasteiger partial charge in [0, 0.05) is 6.07 Å². The van der Waals surface area contributed by atoms with Gasteiger partial charge in [-0.1, -0.05) is 0 Å². The molecule has 98 valence electrons. The number of ether oxygens (including phenoxy) is 3. The van der Waals surface area contributed by atoms with Gasteiger partial charge in [0.15, 0.2) is 5.75 Å². The second-order valence-electron chi connectivity index (χ2n) is 3.21. The summed E-state index contributed by atoms with van der Waals surface area (Å²) < 4.78 is 14.6. The minimum atomic E-state index is -0.651. The molecule has 0 spiro atoms. The van der Waals surface area contributed by atoms with E-state index in [0.717, 1.165) is 6.07 Å². The van der Waals surface area contributed by atoms with Crippen molar-refractivity contribution < 1.29 is 23.9 Å². The van der Waals surface area contributed by atoms with Crippen molar-refractivity contribution in [2.24, 2.45) is 0 Å². The van der Waals surface area contributed by atoms with Crippen molar-refractivity contribution in [3.05, 3.63) is 27.8 Å². The van der Waals surface area contributed by atoms with Gasteiger partial charge < -0.3 is 14.2 Å². The van der Waals surface area contributed by atoms with Crippen LogP contribution in [0.1, 0.15) is 17.3 Å². The molecule has 1 aromatic rings. The first kappa shape index (κ1) is 13.8. The standard InChI is InChI=1S/C11H13NO6/c1-4-18-11(13)7-5-8(12(14)15)10(17-3)9(6-7)16-2/h5-6H,4H2,1-3H3. The van der Waals surface area contributed by atoms with Crippen LogP contribution in [0.3, 0.4) is 0 Å². The van der Waals surface area contributed by atoms with Crippen molar-refractivity contribution in [1.82, 2.24) is 0 Å². The lowest BCUT2D eigenvalue weighted by Crippen LogP contribution is -2.07. The number of nitrogens with zero attached hydrogens (tertiary/aromatic N) is 1. The van der Waals surface area contributed by atoms with E-state index in [9.17, 15) is 14.9 Å². The lowest BCUT2D eigenvalue weighted by Gasteiger charge is -2.09. The molecule has 0 N–H and O–H groups in total. The van der Waals surface area contributed by atoms with Gasteiger partial charge in [0.1, 0.15) is 0 Å². The molecule has 0 aliphatic heterocycles. The monoisotopic (exact) mass is 255 g/mol.